The van der Waals surface area contributed by atoms with Gasteiger partial charge in [-0.1, -0.05) is 6.92 Å². The summed E-state index contributed by atoms with van der Waals surface area (Å²) in [6.45, 7) is 5.88. The molecule has 2 N–H and O–H groups in total. The standard InChI is InChI=1S/C16H23N3O3S/c1-3-11-10(2)23-16-14(11)15(17-9-18-16)19-12-4-6-21-8-13(12)22-7-5-20/h9,12-13,20H,3-8H2,1-2H3,(H,17,18,19)/t12-,13-/m1/s1. The minimum Gasteiger partial charge on any atom is -0.394 e. The summed E-state index contributed by atoms with van der Waals surface area (Å²) < 4.78 is 11.2. The van der Waals surface area contributed by atoms with E-state index in [4.69, 9.17) is 14.6 Å². The Morgan fingerprint density at radius 1 is 1.48 bits per heavy atom. The van der Waals surface area contributed by atoms with Gasteiger partial charge in [0, 0.05) is 11.5 Å². The summed E-state index contributed by atoms with van der Waals surface area (Å²) in [6.07, 6.45) is 3.35. The van der Waals surface area contributed by atoms with E-state index in [1.54, 1.807) is 17.7 Å². The third-order valence-electron chi connectivity index (χ3n) is 4.19. The van der Waals surface area contributed by atoms with E-state index in [0.717, 1.165) is 28.9 Å². The Kier molecular flexibility index (Phi) is 5.42. The van der Waals surface area contributed by atoms with Crippen LogP contribution in [0.15, 0.2) is 6.33 Å². The number of thiophene rings is 1. The molecule has 6 nitrogen and oxygen atoms in total. The maximum atomic E-state index is 8.98. The number of anilines is 1. The summed E-state index contributed by atoms with van der Waals surface area (Å²) in [5.74, 6) is 0.876. The van der Waals surface area contributed by atoms with Crippen molar-refractivity contribution < 1.29 is 14.6 Å². The highest BCUT2D eigenvalue weighted by molar-refractivity contribution is 7.18. The molecule has 1 saturated heterocycles. The summed E-state index contributed by atoms with van der Waals surface area (Å²) in [7, 11) is 0. The number of hydrogen-bond donors (Lipinski definition) is 2. The fraction of sp³-hybridized carbons (Fsp3) is 0.625. The molecule has 2 aromatic rings. The highest BCUT2D eigenvalue weighted by Crippen LogP contribution is 2.34. The van der Waals surface area contributed by atoms with Crippen molar-refractivity contribution in [3.8, 4) is 0 Å². The van der Waals surface area contributed by atoms with Crippen molar-refractivity contribution in [2.45, 2.75) is 38.8 Å². The van der Waals surface area contributed by atoms with Gasteiger partial charge in [-0.3, -0.25) is 0 Å². The van der Waals surface area contributed by atoms with Gasteiger partial charge < -0.3 is 19.9 Å². The Morgan fingerprint density at radius 3 is 3.13 bits per heavy atom. The number of aliphatic hydroxyl groups excluding tert-OH is 1. The Labute approximate surface area is 139 Å². The molecule has 0 saturated carbocycles. The van der Waals surface area contributed by atoms with E-state index < -0.39 is 0 Å². The zero-order chi connectivity index (χ0) is 16.2. The van der Waals surface area contributed by atoms with Crippen molar-refractivity contribution in [1.29, 1.82) is 0 Å². The molecule has 0 amide bonds. The minimum absolute atomic E-state index is 0.0185. The van der Waals surface area contributed by atoms with E-state index in [0.29, 0.717) is 19.8 Å². The molecule has 0 aromatic carbocycles. The monoisotopic (exact) mass is 337 g/mol. The van der Waals surface area contributed by atoms with Crippen molar-refractivity contribution >= 4 is 27.4 Å². The molecule has 2 atom stereocenters. The summed E-state index contributed by atoms with van der Waals surface area (Å²) >= 11 is 1.71. The molecule has 1 aliphatic rings. The topological polar surface area (TPSA) is 76.5 Å². The lowest BCUT2D eigenvalue weighted by atomic mass is 10.1. The van der Waals surface area contributed by atoms with Gasteiger partial charge in [-0.15, -0.1) is 11.3 Å². The van der Waals surface area contributed by atoms with E-state index >= 15 is 0 Å². The lowest BCUT2D eigenvalue weighted by Gasteiger charge is -2.32. The molecular weight excluding hydrogens is 314 g/mol. The summed E-state index contributed by atoms with van der Waals surface area (Å²) in [6, 6.07) is 0.123. The quantitative estimate of drug-likeness (QED) is 0.841. The molecule has 23 heavy (non-hydrogen) atoms. The zero-order valence-corrected chi connectivity index (χ0v) is 14.4. The average molecular weight is 337 g/mol. The first-order valence-corrected chi connectivity index (χ1v) is 8.86. The lowest BCUT2D eigenvalue weighted by molar-refractivity contribution is -0.0643. The van der Waals surface area contributed by atoms with Crippen LogP contribution in [0.3, 0.4) is 0 Å². The van der Waals surface area contributed by atoms with Gasteiger partial charge in [-0.25, -0.2) is 9.97 Å². The Balaban J connectivity index is 1.87. The largest absolute Gasteiger partial charge is 0.394 e. The minimum atomic E-state index is -0.0780. The third kappa shape index (κ3) is 3.47. The van der Waals surface area contributed by atoms with E-state index in [1.807, 2.05) is 0 Å². The highest BCUT2D eigenvalue weighted by Gasteiger charge is 2.27. The number of rotatable bonds is 6. The third-order valence-corrected chi connectivity index (χ3v) is 5.25. The SMILES string of the molecule is CCc1c(C)sc2ncnc(N[C@@H]3CCOC[C@H]3OCCO)c12. The maximum Gasteiger partial charge on any atom is 0.138 e. The number of aromatic nitrogens is 2. The van der Waals surface area contributed by atoms with Crippen molar-refractivity contribution in [2.75, 3.05) is 31.7 Å². The van der Waals surface area contributed by atoms with Gasteiger partial charge in [0.2, 0.25) is 0 Å². The van der Waals surface area contributed by atoms with Crippen molar-refractivity contribution in [3.05, 3.63) is 16.8 Å². The van der Waals surface area contributed by atoms with Gasteiger partial charge in [0.1, 0.15) is 23.1 Å². The van der Waals surface area contributed by atoms with Gasteiger partial charge in [0.25, 0.3) is 0 Å². The smallest absolute Gasteiger partial charge is 0.138 e. The van der Waals surface area contributed by atoms with Crippen LogP contribution in [-0.4, -0.2) is 53.6 Å². The van der Waals surface area contributed by atoms with Crippen LogP contribution in [0, 0.1) is 6.92 Å². The molecule has 7 heteroatoms. The van der Waals surface area contributed by atoms with Crippen LogP contribution in [0.5, 0.6) is 0 Å². The highest BCUT2D eigenvalue weighted by atomic mass is 32.1. The molecule has 0 radical (unpaired) electrons. The predicted molar refractivity (Wildman–Crippen MR) is 91.2 cm³/mol. The first kappa shape index (κ1) is 16.6. The zero-order valence-electron chi connectivity index (χ0n) is 13.5. The molecule has 3 rings (SSSR count). The number of aliphatic hydroxyl groups is 1. The van der Waals surface area contributed by atoms with Gasteiger partial charge in [-0.05, 0) is 25.3 Å². The van der Waals surface area contributed by atoms with Crippen LogP contribution >= 0.6 is 11.3 Å². The van der Waals surface area contributed by atoms with Crippen LogP contribution in [0.25, 0.3) is 10.2 Å². The predicted octanol–water partition coefficient (Wildman–Crippen LogP) is 2.14. The lowest BCUT2D eigenvalue weighted by Crippen LogP contribution is -2.44. The van der Waals surface area contributed by atoms with Gasteiger partial charge in [0.15, 0.2) is 0 Å². The van der Waals surface area contributed by atoms with Crippen LogP contribution < -0.4 is 5.32 Å². The van der Waals surface area contributed by atoms with Crippen LogP contribution in [0.1, 0.15) is 23.8 Å². The molecule has 1 aliphatic heterocycles. The normalized spacial score (nSPS) is 21.7. The second-order valence-corrected chi connectivity index (χ2v) is 6.84. The van der Waals surface area contributed by atoms with Gasteiger partial charge in [-0.2, -0.15) is 0 Å². The number of hydrogen-bond acceptors (Lipinski definition) is 7. The van der Waals surface area contributed by atoms with E-state index in [9.17, 15) is 0 Å². The molecular formula is C16H23N3O3S. The first-order valence-electron chi connectivity index (χ1n) is 8.04. The van der Waals surface area contributed by atoms with Crippen LogP contribution in [0.4, 0.5) is 5.82 Å². The second kappa shape index (κ2) is 7.53. The number of fused-ring (bicyclic) bond motifs is 1. The van der Waals surface area contributed by atoms with E-state index in [-0.39, 0.29) is 18.8 Å². The summed E-state index contributed by atoms with van der Waals surface area (Å²) in [4.78, 5) is 11.2. The molecule has 3 heterocycles. The molecule has 0 aliphatic carbocycles. The summed E-state index contributed by atoms with van der Waals surface area (Å²) in [5.41, 5.74) is 1.31. The number of nitrogens with one attached hydrogen (secondary N) is 1. The first-order chi connectivity index (χ1) is 11.2. The van der Waals surface area contributed by atoms with Crippen molar-refractivity contribution in [2.24, 2.45) is 0 Å². The summed E-state index contributed by atoms with van der Waals surface area (Å²) in [5, 5.41) is 13.6. The average Bonchev–Trinajstić information content (AvgIpc) is 2.90. The molecule has 126 valence electrons. The molecule has 2 aromatic heterocycles. The Bertz CT molecular complexity index is 661. The molecule has 0 unspecified atom stereocenters. The fourth-order valence-electron chi connectivity index (χ4n) is 3.06. The van der Waals surface area contributed by atoms with Crippen LogP contribution in [0.2, 0.25) is 0 Å². The Morgan fingerprint density at radius 2 is 2.35 bits per heavy atom. The van der Waals surface area contributed by atoms with Crippen molar-refractivity contribution in [3.63, 3.8) is 0 Å². The maximum absolute atomic E-state index is 8.98. The van der Waals surface area contributed by atoms with Crippen LogP contribution in [-0.2, 0) is 15.9 Å². The van der Waals surface area contributed by atoms with Gasteiger partial charge in [0.05, 0.1) is 31.2 Å². The number of ether oxygens (including phenoxy) is 2. The molecule has 1 fully saturated rings. The van der Waals surface area contributed by atoms with Gasteiger partial charge >= 0.3 is 0 Å². The van der Waals surface area contributed by atoms with E-state index in [1.165, 1.54) is 10.4 Å². The second-order valence-electron chi connectivity index (χ2n) is 5.64. The number of nitrogens with zero attached hydrogens (tertiary/aromatic N) is 2. The molecule has 0 spiro atoms. The number of aryl methyl sites for hydroxylation is 2. The van der Waals surface area contributed by atoms with E-state index in [2.05, 4.69) is 29.1 Å². The Hall–Kier alpha value is -1.28. The molecule has 0 bridgehead atoms. The fourth-order valence-corrected chi connectivity index (χ4v) is 4.14. The van der Waals surface area contributed by atoms with Crippen molar-refractivity contribution in [1.82, 2.24) is 9.97 Å².